The van der Waals surface area contributed by atoms with E-state index in [0.29, 0.717) is 0 Å². The van der Waals surface area contributed by atoms with Crippen LogP contribution in [0.5, 0.6) is 0 Å². The zero-order valence-corrected chi connectivity index (χ0v) is 17.4. The van der Waals surface area contributed by atoms with Gasteiger partial charge in [0.1, 0.15) is 0 Å². The van der Waals surface area contributed by atoms with Crippen LogP contribution in [-0.2, 0) is 10.8 Å². The lowest BCUT2D eigenvalue weighted by Crippen LogP contribution is -2.47. The number of aryl methyl sites for hydroxylation is 1. The summed E-state index contributed by atoms with van der Waals surface area (Å²) in [6, 6.07) is 10.5. The fraction of sp³-hybridized carbons (Fsp3) is 0.619. The Bertz CT molecular complexity index is 490. The molecule has 0 spiro atoms. The lowest BCUT2D eigenvalue weighted by Gasteiger charge is -2.42. The normalized spacial score (nSPS) is 16.5. The summed E-state index contributed by atoms with van der Waals surface area (Å²) in [5.41, 5.74) is 1.31. The van der Waals surface area contributed by atoms with Crippen molar-refractivity contribution in [2.24, 2.45) is 5.92 Å². The van der Waals surface area contributed by atoms with Gasteiger partial charge >= 0.3 is 0 Å². The van der Waals surface area contributed by atoms with Gasteiger partial charge in [-0.25, -0.2) is 0 Å². The minimum atomic E-state index is -1.90. The quantitative estimate of drug-likeness (QED) is 0.466. The fourth-order valence-electron chi connectivity index (χ4n) is 2.67. The van der Waals surface area contributed by atoms with Gasteiger partial charge in [0.2, 0.25) is 0 Å². The Kier molecular flexibility index (Phi) is 7.91. The summed E-state index contributed by atoms with van der Waals surface area (Å²) in [6.45, 7) is 17.3. The molecule has 1 rings (SSSR count). The number of hydrogen-bond donors (Lipinski definition) is 1. The van der Waals surface area contributed by atoms with Gasteiger partial charge in [0.25, 0.3) is 0 Å². The number of benzene rings is 1. The summed E-state index contributed by atoms with van der Waals surface area (Å²) < 4.78 is 6.71. The molecule has 0 radical (unpaired) electrons. The summed E-state index contributed by atoms with van der Waals surface area (Å²) in [7, 11) is -1.90. The van der Waals surface area contributed by atoms with E-state index in [1.165, 1.54) is 5.56 Å². The summed E-state index contributed by atoms with van der Waals surface area (Å²) >= 11 is 0. The van der Waals surface area contributed by atoms with Gasteiger partial charge in [-0.1, -0.05) is 64.1 Å². The van der Waals surface area contributed by atoms with Crippen molar-refractivity contribution >= 4 is 8.32 Å². The van der Waals surface area contributed by atoms with Crippen LogP contribution in [0.2, 0.25) is 18.1 Å². The maximum Gasteiger partial charge on any atom is 0.192 e. The van der Waals surface area contributed by atoms with Crippen molar-refractivity contribution in [2.75, 3.05) is 0 Å². The minimum Gasteiger partial charge on any atom is -0.413 e. The molecule has 3 heteroatoms. The molecule has 3 atom stereocenters. The van der Waals surface area contributed by atoms with E-state index >= 15 is 0 Å². The molecule has 2 nitrogen and oxygen atoms in total. The Morgan fingerprint density at radius 1 is 1.21 bits per heavy atom. The van der Waals surface area contributed by atoms with E-state index in [2.05, 4.69) is 64.7 Å². The predicted octanol–water partition coefficient (Wildman–Crippen LogP) is 5.58. The number of aliphatic hydroxyl groups excluding tert-OH is 1. The van der Waals surface area contributed by atoms with E-state index in [0.717, 1.165) is 19.3 Å². The highest BCUT2D eigenvalue weighted by atomic mass is 28.4. The van der Waals surface area contributed by atoms with Crippen molar-refractivity contribution in [3.05, 3.63) is 48.6 Å². The highest BCUT2D eigenvalue weighted by Crippen LogP contribution is 2.39. The zero-order valence-electron chi connectivity index (χ0n) is 16.4. The van der Waals surface area contributed by atoms with Crippen molar-refractivity contribution in [3.8, 4) is 0 Å². The van der Waals surface area contributed by atoms with E-state index in [1.807, 2.05) is 19.1 Å². The molecule has 0 fully saturated rings. The molecule has 0 aliphatic heterocycles. The Morgan fingerprint density at radius 2 is 1.79 bits per heavy atom. The third kappa shape index (κ3) is 5.87. The molecule has 1 aromatic carbocycles. The van der Waals surface area contributed by atoms with Crippen molar-refractivity contribution in [1.29, 1.82) is 0 Å². The van der Waals surface area contributed by atoms with Gasteiger partial charge < -0.3 is 9.53 Å². The Hall–Kier alpha value is -0.903. The van der Waals surface area contributed by atoms with E-state index < -0.39 is 14.4 Å². The zero-order chi connectivity index (χ0) is 18.4. The molecule has 1 N–H and O–H groups in total. The molecule has 0 bridgehead atoms. The number of aliphatic hydroxyl groups is 1. The van der Waals surface area contributed by atoms with Crippen LogP contribution in [0.1, 0.15) is 46.1 Å². The second kappa shape index (κ2) is 8.98. The van der Waals surface area contributed by atoms with Gasteiger partial charge in [-0.05, 0) is 43.0 Å². The van der Waals surface area contributed by atoms with Gasteiger partial charge in [-0.3, -0.25) is 0 Å². The van der Waals surface area contributed by atoms with E-state index in [9.17, 15) is 5.11 Å². The van der Waals surface area contributed by atoms with Crippen molar-refractivity contribution in [1.82, 2.24) is 0 Å². The maximum atomic E-state index is 10.4. The molecular weight excluding hydrogens is 312 g/mol. The SMILES string of the molecule is C=C[C@H]([C@@H](O)CC)[C@@H](CCc1ccccc1)O[Si](C)(C)C(C)(C)C. The first-order valence-electron chi connectivity index (χ1n) is 9.14. The molecule has 0 aliphatic rings. The van der Waals surface area contributed by atoms with Crippen LogP contribution < -0.4 is 0 Å². The highest BCUT2D eigenvalue weighted by molar-refractivity contribution is 6.74. The maximum absolute atomic E-state index is 10.4. The summed E-state index contributed by atoms with van der Waals surface area (Å²) in [4.78, 5) is 0. The standard InChI is InChI=1S/C21H36O2Si/c1-8-18(19(22)9-2)20(23-24(6,7)21(3,4)5)16-15-17-13-11-10-12-14-17/h8,10-14,18-20,22H,1,9,15-16H2,2-7H3/t18-,19+,20-/m1/s1. The lowest BCUT2D eigenvalue weighted by atomic mass is 9.90. The number of hydrogen-bond acceptors (Lipinski definition) is 2. The average molecular weight is 349 g/mol. The summed E-state index contributed by atoms with van der Waals surface area (Å²) in [5, 5.41) is 10.6. The Morgan fingerprint density at radius 3 is 2.25 bits per heavy atom. The molecule has 0 amide bonds. The molecular formula is C21H36O2Si. The highest BCUT2D eigenvalue weighted by Gasteiger charge is 2.41. The van der Waals surface area contributed by atoms with Gasteiger partial charge in [0, 0.05) is 5.92 Å². The smallest absolute Gasteiger partial charge is 0.192 e. The first kappa shape index (κ1) is 21.1. The lowest BCUT2D eigenvalue weighted by molar-refractivity contribution is 0.0372. The van der Waals surface area contributed by atoms with E-state index in [1.54, 1.807) is 0 Å². The van der Waals surface area contributed by atoms with E-state index in [4.69, 9.17) is 4.43 Å². The molecule has 0 aromatic heterocycles. The first-order chi connectivity index (χ1) is 11.1. The van der Waals surface area contributed by atoms with Crippen LogP contribution in [0.3, 0.4) is 0 Å². The van der Waals surface area contributed by atoms with Crippen molar-refractivity contribution in [3.63, 3.8) is 0 Å². The topological polar surface area (TPSA) is 29.5 Å². The largest absolute Gasteiger partial charge is 0.413 e. The van der Waals surface area contributed by atoms with Crippen LogP contribution in [0.15, 0.2) is 43.0 Å². The fourth-order valence-corrected chi connectivity index (χ4v) is 4.05. The monoisotopic (exact) mass is 348 g/mol. The average Bonchev–Trinajstić information content (AvgIpc) is 2.52. The number of rotatable bonds is 9. The third-order valence-corrected chi connectivity index (χ3v) is 9.88. The summed E-state index contributed by atoms with van der Waals surface area (Å²) in [6.07, 6.45) is 4.09. The van der Waals surface area contributed by atoms with Crippen LogP contribution in [0.4, 0.5) is 0 Å². The molecule has 0 heterocycles. The second-order valence-corrected chi connectivity index (χ2v) is 13.0. The molecule has 24 heavy (non-hydrogen) atoms. The molecule has 0 saturated carbocycles. The predicted molar refractivity (Wildman–Crippen MR) is 107 cm³/mol. The van der Waals surface area contributed by atoms with Gasteiger partial charge in [-0.15, -0.1) is 6.58 Å². The van der Waals surface area contributed by atoms with Crippen LogP contribution in [-0.4, -0.2) is 25.6 Å². The summed E-state index contributed by atoms with van der Waals surface area (Å²) in [5.74, 6) is -0.0205. The van der Waals surface area contributed by atoms with Crippen molar-refractivity contribution in [2.45, 2.75) is 77.3 Å². The van der Waals surface area contributed by atoms with Gasteiger partial charge in [-0.2, -0.15) is 0 Å². The van der Waals surface area contributed by atoms with Gasteiger partial charge in [0.05, 0.1) is 12.2 Å². The Labute approximate surface area is 150 Å². The third-order valence-electron chi connectivity index (χ3n) is 5.38. The molecule has 0 unspecified atom stereocenters. The van der Waals surface area contributed by atoms with Crippen LogP contribution in [0, 0.1) is 5.92 Å². The second-order valence-electron chi connectivity index (χ2n) is 8.23. The first-order valence-corrected chi connectivity index (χ1v) is 12.1. The van der Waals surface area contributed by atoms with Crippen LogP contribution in [0.25, 0.3) is 0 Å². The van der Waals surface area contributed by atoms with Gasteiger partial charge in [0.15, 0.2) is 8.32 Å². The minimum absolute atomic E-state index is 0.0125. The molecule has 1 aromatic rings. The van der Waals surface area contributed by atoms with Crippen molar-refractivity contribution < 1.29 is 9.53 Å². The molecule has 136 valence electrons. The Balaban J connectivity index is 2.95. The molecule has 0 aliphatic carbocycles. The van der Waals surface area contributed by atoms with E-state index in [-0.39, 0.29) is 17.1 Å². The molecule has 0 saturated heterocycles. The van der Waals surface area contributed by atoms with Crippen LogP contribution >= 0.6 is 0 Å².